The lowest BCUT2D eigenvalue weighted by Gasteiger charge is -2.19. The van der Waals surface area contributed by atoms with Gasteiger partial charge in [-0.15, -0.1) is 0 Å². The van der Waals surface area contributed by atoms with Crippen molar-refractivity contribution in [2.75, 3.05) is 6.61 Å². The number of nitrogens with one attached hydrogen (secondary N) is 1. The number of halogens is 1. The highest BCUT2D eigenvalue weighted by atomic mass is 19.1. The van der Waals surface area contributed by atoms with E-state index in [9.17, 15) is 14.0 Å². The zero-order valence-electron chi connectivity index (χ0n) is 16.0. The van der Waals surface area contributed by atoms with Crippen LogP contribution in [0.3, 0.4) is 0 Å². The van der Waals surface area contributed by atoms with Crippen LogP contribution in [0.4, 0.5) is 4.39 Å². The lowest BCUT2D eigenvalue weighted by Crippen LogP contribution is -2.39. The van der Waals surface area contributed by atoms with Crippen LogP contribution in [0.25, 0.3) is 0 Å². The van der Waals surface area contributed by atoms with E-state index < -0.39 is 36.5 Å². The van der Waals surface area contributed by atoms with Crippen LogP contribution in [-0.4, -0.2) is 48.4 Å². The number of hydrogen-bond acceptors (Lipinski definition) is 7. The summed E-state index contributed by atoms with van der Waals surface area (Å²) < 4.78 is 30.3. The minimum Gasteiger partial charge on any atom is -0.459 e. The van der Waals surface area contributed by atoms with Crippen LogP contribution in [0, 0.1) is 13.8 Å². The van der Waals surface area contributed by atoms with Gasteiger partial charge in [0.05, 0.1) is 11.1 Å². The van der Waals surface area contributed by atoms with Gasteiger partial charge in [-0.2, -0.15) is 5.48 Å². The first-order valence-electron chi connectivity index (χ1n) is 9.09. The van der Waals surface area contributed by atoms with Crippen molar-refractivity contribution in [2.24, 2.45) is 0 Å². The number of benzene rings is 2. The highest BCUT2D eigenvalue weighted by Crippen LogP contribution is 2.27. The molecule has 0 aromatic heterocycles. The maximum absolute atomic E-state index is 14.6. The molecule has 4 atom stereocenters. The zero-order valence-corrected chi connectivity index (χ0v) is 16.0. The van der Waals surface area contributed by atoms with Crippen molar-refractivity contribution in [1.29, 1.82) is 0 Å². The summed E-state index contributed by atoms with van der Waals surface area (Å²) in [6.45, 7) is 3.41. The Hall–Kier alpha value is -2.81. The van der Waals surface area contributed by atoms with Gasteiger partial charge < -0.3 is 19.4 Å². The summed E-state index contributed by atoms with van der Waals surface area (Å²) in [5.41, 5.74) is 4.21. The van der Waals surface area contributed by atoms with Crippen LogP contribution in [-0.2, 0) is 14.2 Å². The lowest BCUT2D eigenvalue weighted by molar-refractivity contribution is -0.0818. The second kappa shape index (κ2) is 9.13. The fraction of sp³-hybridized carbons (Fsp3) is 0.333. The summed E-state index contributed by atoms with van der Waals surface area (Å²) in [5.74, 6) is -1.36. The highest BCUT2D eigenvalue weighted by molar-refractivity contribution is 5.90. The number of aryl methyl sites for hydroxylation is 2. The molecule has 1 unspecified atom stereocenters. The normalized spacial score (nSPS) is 23.6. The van der Waals surface area contributed by atoms with Gasteiger partial charge in [0.2, 0.25) is 0 Å². The fourth-order valence-electron chi connectivity index (χ4n) is 2.91. The van der Waals surface area contributed by atoms with Gasteiger partial charge >= 0.3 is 11.9 Å². The van der Waals surface area contributed by atoms with Crippen molar-refractivity contribution in [1.82, 2.24) is 5.48 Å². The van der Waals surface area contributed by atoms with Crippen molar-refractivity contribution >= 4 is 11.9 Å². The van der Waals surface area contributed by atoms with E-state index in [1.54, 1.807) is 54.0 Å². The molecule has 7 nitrogen and oxygen atoms in total. The number of hydroxylamine groups is 1. The third kappa shape index (κ3) is 4.97. The van der Waals surface area contributed by atoms with Crippen molar-refractivity contribution in [3.63, 3.8) is 0 Å². The Balaban J connectivity index is 1.66. The molecule has 1 fully saturated rings. The predicted molar refractivity (Wildman–Crippen MR) is 100 cm³/mol. The van der Waals surface area contributed by atoms with Crippen molar-refractivity contribution in [3.05, 3.63) is 70.8 Å². The number of carbonyl (C=O) groups excluding carboxylic acids is 2. The van der Waals surface area contributed by atoms with E-state index in [1.807, 2.05) is 13.8 Å². The zero-order chi connectivity index (χ0) is 21.0. The number of carbonyl (C=O) groups is 2. The molecule has 29 heavy (non-hydrogen) atoms. The molecular weight excluding hydrogens is 381 g/mol. The molecule has 2 aromatic carbocycles. The Morgan fingerprint density at radius 3 is 2.03 bits per heavy atom. The molecule has 0 aliphatic carbocycles. The van der Waals surface area contributed by atoms with E-state index in [4.69, 9.17) is 19.4 Å². The minimum absolute atomic E-state index is 0.249. The third-order valence-corrected chi connectivity index (χ3v) is 4.61. The topological polar surface area (TPSA) is 94.1 Å². The first-order chi connectivity index (χ1) is 13.9. The smallest absolute Gasteiger partial charge is 0.338 e. The predicted octanol–water partition coefficient (Wildman–Crippen LogP) is 2.73. The maximum Gasteiger partial charge on any atom is 0.338 e. The fourth-order valence-corrected chi connectivity index (χ4v) is 2.91. The van der Waals surface area contributed by atoms with Gasteiger partial charge in [-0.05, 0) is 38.1 Å². The largest absolute Gasteiger partial charge is 0.459 e. The van der Waals surface area contributed by atoms with E-state index >= 15 is 0 Å². The monoisotopic (exact) mass is 403 g/mol. The number of rotatable bonds is 6. The first kappa shape index (κ1) is 20.9. The van der Waals surface area contributed by atoms with Crippen LogP contribution in [0.1, 0.15) is 31.8 Å². The van der Waals surface area contributed by atoms with E-state index in [1.165, 1.54) is 0 Å². The van der Waals surface area contributed by atoms with Crippen LogP contribution in [0.15, 0.2) is 48.5 Å². The van der Waals surface area contributed by atoms with Crippen LogP contribution in [0.5, 0.6) is 0 Å². The Labute approximate surface area is 167 Å². The molecule has 154 valence electrons. The Morgan fingerprint density at radius 1 is 1.00 bits per heavy atom. The Kier molecular flexibility index (Phi) is 6.58. The number of hydrogen-bond donors (Lipinski definition) is 2. The van der Waals surface area contributed by atoms with Gasteiger partial charge in [0.15, 0.2) is 18.5 Å². The Morgan fingerprint density at radius 2 is 1.52 bits per heavy atom. The van der Waals surface area contributed by atoms with Gasteiger partial charge in [0, 0.05) is 0 Å². The van der Waals surface area contributed by atoms with Crippen molar-refractivity contribution in [3.8, 4) is 0 Å². The van der Waals surface area contributed by atoms with Crippen LogP contribution in [0.2, 0.25) is 0 Å². The van der Waals surface area contributed by atoms with Crippen LogP contribution >= 0.6 is 0 Å². The summed E-state index contributed by atoms with van der Waals surface area (Å²) in [5, 5.41) is 9.07. The van der Waals surface area contributed by atoms with Gasteiger partial charge in [0.1, 0.15) is 12.7 Å². The van der Waals surface area contributed by atoms with Crippen molar-refractivity contribution < 1.29 is 33.4 Å². The Bertz CT molecular complexity index is 854. The second-order valence-corrected chi connectivity index (χ2v) is 6.87. The molecular formula is C21H22FNO6. The molecule has 1 aliphatic rings. The third-order valence-electron chi connectivity index (χ3n) is 4.61. The summed E-state index contributed by atoms with van der Waals surface area (Å²) in [6, 6.07) is 13.3. The lowest BCUT2D eigenvalue weighted by atomic mass is 10.1. The standard InChI is InChI=1S/C21H22FNO6/c1-12-3-7-14(8-4-12)20(24)27-11-16-18(17(22)19(23-26)28-16)29-21(25)15-9-5-13(2)6-10-15/h3-10,16-19,23,26H,11H2,1-2H3/t16-,17+,18-,19?/m1/s1. The molecule has 2 N–H and O–H groups in total. The van der Waals surface area contributed by atoms with Gasteiger partial charge in [-0.1, -0.05) is 35.4 Å². The molecule has 3 rings (SSSR count). The molecule has 0 amide bonds. The molecule has 0 radical (unpaired) electrons. The maximum atomic E-state index is 14.6. The molecule has 1 aliphatic heterocycles. The molecule has 1 heterocycles. The first-order valence-corrected chi connectivity index (χ1v) is 9.09. The SMILES string of the molecule is Cc1ccc(C(=O)OC[C@H]2OC(NO)[C@@H](F)[C@@H]2OC(=O)c2ccc(C)cc2)cc1. The quantitative estimate of drug-likeness (QED) is 0.566. The van der Waals surface area contributed by atoms with E-state index in [0.717, 1.165) is 11.1 Å². The van der Waals surface area contributed by atoms with Crippen molar-refractivity contribution in [2.45, 2.75) is 38.5 Å². The van der Waals surface area contributed by atoms with Gasteiger partial charge in [-0.3, -0.25) is 0 Å². The number of alkyl halides is 1. The number of esters is 2. The second-order valence-electron chi connectivity index (χ2n) is 6.87. The molecule has 0 bridgehead atoms. The molecule has 8 heteroatoms. The molecule has 0 saturated carbocycles. The summed E-state index contributed by atoms with van der Waals surface area (Å²) in [6.07, 6.45) is -5.70. The average Bonchev–Trinajstić information content (AvgIpc) is 3.02. The number of ether oxygens (including phenoxy) is 3. The molecule has 2 aromatic rings. The molecule has 0 spiro atoms. The average molecular weight is 403 g/mol. The van der Waals surface area contributed by atoms with E-state index in [0.29, 0.717) is 5.56 Å². The van der Waals surface area contributed by atoms with Crippen LogP contribution < -0.4 is 5.48 Å². The van der Waals surface area contributed by atoms with Gasteiger partial charge in [-0.25, -0.2) is 14.0 Å². The summed E-state index contributed by atoms with van der Waals surface area (Å²) in [4.78, 5) is 24.5. The molecule has 1 saturated heterocycles. The van der Waals surface area contributed by atoms with E-state index in [2.05, 4.69) is 0 Å². The summed E-state index contributed by atoms with van der Waals surface area (Å²) >= 11 is 0. The highest BCUT2D eigenvalue weighted by Gasteiger charge is 2.48. The summed E-state index contributed by atoms with van der Waals surface area (Å²) in [7, 11) is 0. The van der Waals surface area contributed by atoms with Gasteiger partial charge in [0.25, 0.3) is 0 Å². The minimum atomic E-state index is -1.85. The van der Waals surface area contributed by atoms with E-state index in [-0.39, 0.29) is 12.2 Å².